The summed E-state index contributed by atoms with van der Waals surface area (Å²) in [5.74, 6) is -0.335. The lowest BCUT2D eigenvalue weighted by Crippen LogP contribution is -2.16. The van der Waals surface area contributed by atoms with Crippen molar-refractivity contribution in [2.24, 2.45) is 5.92 Å². The molecular formula is C21H23FN2O3S. The molecule has 2 aromatic carbocycles. The third-order valence-corrected chi connectivity index (χ3v) is 5.94. The molecule has 0 radical (unpaired) electrons. The third-order valence-electron chi connectivity index (χ3n) is 4.53. The molecule has 1 heterocycles. The first-order valence-electron chi connectivity index (χ1n) is 9.02. The summed E-state index contributed by atoms with van der Waals surface area (Å²) in [6, 6.07) is 11.7. The van der Waals surface area contributed by atoms with Gasteiger partial charge in [-0.1, -0.05) is 55.4 Å². The second kappa shape index (κ2) is 7.75. The minimum atomic E-state index is -4.22. The lowest BCUT2D eigenvalue weighted by Gasteiger charge is -2.13. The van der Waals surface area contributed by atoms with Crippen molar-refractivity contribution in [3.8, 4) is 11.1 Å². The first-order chi connectivity index (χ1) is 13.2. The van der Waals surface area contributed by atoms with Crippen molar-refractivity contribution in [3.63, 3.8) is 0 Å². The van der Waals surface area contributed by atoms with Crippen molar-refractivity contribution >= 4 is 15.9 Å². The van der Waals surface area contributed by atoms with Gasteiger partial charge in [-0.15, -0.1) is 0 Å². The van der Waals surface area contributed by atoms with Crippen LogP contribution >= 0.6 is 0 Å². The quantitative estimate of drug-likeness (QED) is 0.623. The molecule has 3 aromatic rings. The zero-order chi connectivity index (χ0) is 20.5. The number of nitrogens with zero attached hydrogens (tertiary/aromatic N) is 1. The van der Waals surface area contributed by atoms with E-state index in [1.165, 1.54) is 6.07 Å². The molecule has 0 aliphatic carbocycles. The van der Waals surface area contributed by atoms with Gasteiger partial charge in [-0.25, -0.2) is 17.5 Å². The average molecular weight is 402 g/mol. The highest BCUT2D eigenvalue weighted by Crippen LogP contribution is 2.32. The molecule has 7 heteroatoms. The number of aryl methyl sites for hydroxylation is 1. The van der Waals surface area contributed by atoms with Gasteiger partial charge in [-0.3, -0.25) is 0 Å². The highest BCUT2D eigenvalue weighted by atomic mass is 32.2. The molecule has 0 bridgehead atoms. The second-order valence-corrected chi connectivity index (χ2v) is 8.86. The van der Waals surface area contributed by atoms with E-state index in [2.05, 4.69) is 23.7 Å². The SMILES string of the molecule is Cc1noc(NS(=O)(=O)c2c(F)cccc2-c2ccc(CC(C)C)cc2)c1C. The molecule has 3 rings (SSSR count). The fourth-order valence-corrected chi connectivity index (χ4v) is 4.32. The number of rotatable bonds is 6. The van der Waals surface area contributed by atoms with Gasteiger partial charge in [0.1, 0.15) is 10.7 Å². The normalized spacial score (nSPS) is 11.8. The van der Waals surface area contributed by atoms with Gasteiger partial charge < -0.3 is 4.52 Å². The maximum Gasteiger partial charge on any atom is 0.267 e. The number of aromatic nitrogens is 1. The lowest BCUT2D eigenvalue weighted by atomic mass is 9.99. The van der Waals surface area contributed by atoms with E-state index in [1.807, 2.05) is 24.3 Å². The van der Waals surface area contributed by atoms with Gasteiger partial charge in [-0.05, 0) is 43.4 Å². The maximum absolute atomic E-state index is 14.6. The van der Waals surface area contributed by atoms with Gasteiger partial charge >= 0.3 is 0 Å². The molecular weight excluding hydrogens is 379 g/mol. The molecule has 148 valence electrons. The molecule has 0 fully saturated rings. The van der Waals surface area contributed by atoms with Crippen LogP contribution in [0.1, 0.15) is 30.7 Å². The van der Waals surface area contributed by atoms with Crippen LogP contribution in [-0.2, 0) is 16.4 Å². The van der Waals surface area contributed by atoms with Crippen molar-refractivity contribution in [1.82, 2.24) is 5.16 Å². The van der Waals surface area contributed by atoms with Crippen molar-refractivity contribution in [3.05, 3.63) is 65.1 Å². The summed E-state index contributed by atoms with van der Waals surface area (Å²) in [5.41, 5.74) is 3.17. The van der Waals surface area contributed by atoms with Gasteiger partial charge in [0.25, 0.3) is 10.0 Å². The number of halogens is 1. The van der Waals surface area contributed by atoms with Crippen molar-refractivity contribution in [2.75, 3.05) is 4.72 Å². The summed E-state index contributed by atoms with van der Waals surface area (Å²) in [6.07, 6.45) is 0.917. The van der Waals surface area contributed by atoms with Crippen LogP contribution in [0.15, 0.2) is 51.9 Å². The van der Waals surface area contributed by atoms with Crippen LogP contribution in [0.2, 0.25) is 0 Å². The Morgan fingerprint density at radius 1 is 1.11 bits per heavy atom. The van der Waals surface area contributed by atoms with Crippen LogP contribution in [0.5, 0.6) is 0 Å². The Kier molecular flexibility index (Phi) is 5.56. The number of hydrogen-bond donors (Lipinski definition) is 1. The zero-order valence-electron chi connectivity index (χ0n) is 16.3. The van der Waals surface area contributed by atoms with Gasteiger partial charge in [0.05, 0.1) is 5.69 Å². The predicted molar refractivity (Wildman–Crippen MR) is 107 cm³/mol. The minimum Gasteiger partial charge on any atom is -0.337 e. The summed E-state index contributed by atoms with van der Waals surface area (Å²) in [6.45, 7) is 7.64. The Morgan fingerprint density at radius 3 is 2.36 bits per heavy atom. The second-order valence-electron chi connectivity index (χ2n) is 7.24. The zero-order valence-corrected chi connectivity index (χ0v) is 17.1. The fourth-order valence-electron chi connectivity index (χ4n) is 2.98. The van der Waals surface area contributed by atoms with Crippen LogP contribution in [0.4, 0.5) is 10.3 Å². The Bertz CT molecular complexity index is 1090. The number of anilines is 1. The minimum absolute atomic E-state index is 0.0148. The van der Waals surface area contributed by atoms with Gasteiger partial charge in [-0.2, -0.15) is 0 Å². The van der Waals surface area contributed by atoms with Crippen LogP contribution in [0, 0.1) is 25.6 Å². The van der Waals surface area contributed by atoms with Gasteiger partial charge in [0.2, 0.25) is 5.88 Å². The number of benzene rings is 2. The summed E-state index contributed by atoms with van der Waals surface area (Å²) < 4.78 is 47.9. The van der Waals surface area contributed by atoms with E-state index < -0.39 is 20.7 Å². The summed E-state index contributed by atoms with van der Waals surface area (Å²) in [7, 11) is -4.22. The molecule has 0 atom stereocenters. The van der Waals surface area contributed by atoms with E-state index in [9.17, 15) is 12.8 Å². The number of sulfonamides is 1. The topological polar surface area (TPSA) is 72.2 Å². The van der Waals surface area contributed by atoms with Crippen molar-refractivity contribution in [2.45, 2.75) is 39.0 Å². The first-order valence-corrected chi connectivity index (χ1v) is 10.5. The highest BCUT2D eigenvalue weighted by molar-refractivity contribution is 7.92. The van der Waals surface area contributed by atoms with Crippen molar-refractivity contribution in [1.29, 1.82) is 0 Å². The van der Waals surface area contributed by atoms with Gasteiger partial charge in [0, 0.05) is 11.1 Å². The maximum atomic E-state index is 14.6. The molecule has 5 nitrogen and oxygen atoms in total. The lowest BCUT2D eigenvalue weighted by molar-refractivity contribution is 0.430. The molecule has 1 aromatic heterocycles. The van der Waals surface area contributed by atoms with Crippen LogP contribution in [-0.4, -0.2) is 13.6 Å². The van der Waals surface area contributed by atoms with Crippen LogP contribution < -0.4 is 4.72 Å². The number of hydrogen-bond acceptors (Lipinski definition) is 4. The Labute approximate surface area is 164 Å². The largest absolute Gasteiger partial charge is 0.337 e. The fraction of sp³-hybridized carbons (Fsp3) is 0.286. The van der Waals surface area contributed by atoms with Gasteiger partial charge in [0.15, 0.2) is 0 Å². The van der Waals surface area contributed by atoms with Crippen LogP contribution in [0.3, 0.4) is 0 Å². The Morgan fingerprint density at radius 2 is 1.79 bits per heavy atom. The van der Waals surface area contributed by atoms with E-state index in [4.69, 9.17) is 4.52 Å². The molecule has 0 aliphatic heterocycles. The molecule has 0 aliphatic rings. The van der Waals surface area contributed by atoms with Crippen LogP contribution in [0.25, 0.3) is 11.1 Å². The standard InChI is InChI=1S/C21H23FN2O3S/c1-13(2)12-16-8-10-17(11-9-16)18-6-5-7-19(22)20(18)28(25,26)24-21-14(3)15(4)23-27-21/h5-11,13,24H,12H2,1-4H3. The van der Waals surface area contributed by atoms with E-state index in [-0.39, 0.29) is 11.4 Å². The molecule has 0 unspecified atom stereocenters. The van der Waals surface area contributed by atoms with E-state index in [0.29, 0.717) is 22.7 Å². The molecule has 0 saturated heterocycles. The number of nitrogens with one attached hydrogen (secondary N) is 1. The summed E-state index contributed by atoms with van der Waals surface area (Å²) in [5, 5.41) is 3.73. The molecule has 0 amide bonds. The van der Waals surface area contributed by atoms with Crippen molar-refractivity contribution < 1.29 is 17.3 Å². The first kappa shape index (κ1) is 20.1. The molecule has 1 N–H and O–H groups in total. The Balaban J connectivity index is 2.03. The van der Waals surface area contributed by atoms with E-state index in [0.717, 1.165) is 18.1 Å². The highest BCUT2D eigenvalue weighted by Gasteiger charge is 2.26. The summed E-state index contributed by atoms with van der Waals surface area (Å²) >= 11 is 0. The third kappa shape index (κ3) is 4.09. The van der Waals surface area contributed by atoms with E-state index in [1.54, 1.807) is 19.9 Å². The average Bonchev–Trinajstić information content (AvgIpc) is 2.93. The molecule has 0 saturated carbocycles. The Hall–Kier alpha value is -2.67. The smallest absolute Gasteiger partial charge is 0.267 e. The summed E-state index contributed by atoms with van der Waals surface area (Å²) in [4.78, 5) is -0.417. The monoisotopic (exact) mass is 402 g/mol. The predicted octanol–water partition coefficient (Wildman–Crippen LogP) is 5.10. The molecule has 0 spiro atoms. The van der Waals surface area contributed by atoms with E-state index >= 15 is 0 Å². The molecule has 28 heavy (non-hydrogen) atoms.